The first-order chi connectivity index (χ1) is 11.5. The number of halogens is 1. The minimum absolute atomic E-state index is 0.0130. The Kier molecular flexibility index (Phi) is 5.45. The van der Waals surface area contributed by atoms with E-state index >= 15 is 0 Å². The Bertz CT molecular complexity index is 817. The van der Waals surface area contributed by atoms with Crippen molar-refractivity contribution < 1.29 is 9.47 Å². The SMILES string of the molecule is C=CCOc1cc(Cl)c(-c2nc(N)nc(N)c2C#N)cc1OCC. The molecule has 0 fully saturated rings. The van der Waals surface area contributed by atoms with Gasteiger partial charge in [-0.1, -0.05) is 24.3 Å². The van der Waals surface area contributed by atoms with Gasteiger partial charge in [0.2, 0.25) is 5.95 Å². The van der Waals surface area contributed by atoms with Crippen LogP contribution in [0.2, 0.25) is 5.02 Å². The van der Waals surface area contributed by atoms with Gasteiger partial charge in [0.1, 0.15) is 24.1 Å². The van der Waals surface area contributed by atoms with E-state index in [9.17, 15) is 5.26 Å². The summed E-state index contributed by atoms with van der Waals surface area (Å²) in [6, 6.07) is 5.18. The Morgan fingerprint density at radius 3 is 2.62 bits per heavy atom. The van der Waals surface area contributed by atoms with Crippen LogP contribution in [-0.2, 0) is 0 Å². The maximum atomic E-state index is 9.32. The van der Waals surface area contributed by atoms with E-state index in [1.165, 1.54) is 0 Å². The van der Waals surface area contributed by atoms with Crippen LogP contribution in [0.15, 0.2) is 24.8 Å². The van der Waals surface area contributed by atoms with Crippen molar-refractivity contribution in [2.45, 2.75) is 6.92 Å². The number of nitrogens with zero attached hydrogens (tertiary/aromatic N) is 3. The number of hydrogen-bond acceptors (Lipinski definition) is 7. The van der Waals surface area contributed by atoms with Crippen LogP contribution in [-0.4, -0.2) is 23.2 Å². The molecule has 0 saturated heterocycles. The van der Waals surface area contributed by atoms with Gasteiger partial charge >= 0.3 is 0 Å². The zero-order valence-electron chi connectivity index (χ0n) is 13.0. The second kappa shape index (κ2) is 7.53. The molecule has 124 valence electrons. The second-order valence-electron chi connectivity index (χ2n) is 4.61. The van der Waals surface area contributed by atoms with Gasteiger partial charge in [0.25, 0.3) is 0 Å². The molecule has 0 unspecified atom stereocenters. The predicted octanol–water partition coefficient (Wildman–Crippen LogP) is 2.80. The lowest BCUT2D eigenvalue weighted by Gasteiger charge is -2.15. The van der Waals surface area contributed by atoms with E-state index in [2.05, 4.69) is 16.5 Å². The maximum Gasteiger partial charge on any atom is 0.222 e. The van der Waals surface area contributed by atoms with E-state index in [1.54, 1.807) is 18.2 Å². The van der Waals surface area contributed by atoms with Crippen LogP contribution < -0.4 is 20.9 Å². The van der Waals surface area contributed by atoms with Gasteiger partial charge in [-0.05, 0) is 13.0 Å². The number of aromatic nitrogens is 2. The highest BCUT2D eigenvalue weighted by molar-refractivity contribution is 6.33. The zero-order chi connectivity index (χ0) is 17.7. The fraction of sp³-hybridized carbons (Fsp3) is 0.188. The molecule has 0 radical (unpaired) electrons. The molecular formula is C16H16ClN5O2. The van der Waals surface area contributed by atoms with Crippen molar-refractivity contribution in [3.8, 4) is 28.8 Å². The number of nitrogen functional groups attached to an aromatic ring is 2. The molecule has 0 atom stereocenters. The molecule has 0 bridgehead atoms. The molecule has 1 heterocycles. The largest absolute Gasteiger partial charge is 0.490 e. The van der Waals surface area contributed by atoms with Crippen LogP contribution in [0.1, 0.15) is 12.5 Å². The number of ether oxygens (including phenoxy) is 2. The number of rotatable bonds is 6. The van der Waals surface area contributed by atoms with Crippen molar-refractivity contribution >= 4 is 23.4 Å². The van der Waals surface area contributed by atoms with Gasteiger partial charge in [-0.2, -0.15) is 10.2 Å². The summed E-state index contributed by atoms with van der Waals surface area (Å²) in [5.41, 5.74) is 12.2. The lowest BCUT2D eigenvalue weighted by atomic mass is 10.1. The summed E-state index contributed by atoms with van der Waals surface area (Å²) >= 11 is 6.34. The fourth-order valence-electron chi connectivity index (χ4n) is 2.05. The number of benzene rings is 1. The van der Waals surface area contributed by atoms with Gasteiger partial charge in [0.05, 0.1) is 17.3 Å². The first-order valence-corrected chi connectivity index (χ1v) is 7.43. The first kappa shape index (κ1) is 17.4. The molecule has 1 aromatic carbocycles. The molecule has 0 saturated carbocycles. The van der Waals surface area contributed by atoms with Gasteiger partial charge in [-0.15, -0.1) is 0 Å². The third-order valence-electron chi connectivity index (χ3n) is 3.01. The van der Waals surface area contributed by atoms with Crippen molar-refractivity contribution in [1.29, 1.82) is 5.26 Å². The molecule has 0 aliphatic rings. The Labute approximate surface area is 144 Å². The summed E-state index contributed by atoms with van der Waals surface area (Å²) in [6.45, 7) is 6.16. The number of nitriles is 1. The van der Waals surface area contributed by atoms with Gasteiger partial charge in [-0.3, -0.25) is 0 Å². The van der Waals surface area contributed by atoms with Crippen LogP contribution in [0.25, 0.3) is 11.3 Å². The minimum atomic E-state index is -0.0532. The lowest BCUT2D eigenvalue weighted by molar-refractivity contribution is 0.297. The average Bonchev–Trinajstić information content (AvgIpc) is 2.54. The van der Waals surface area contributed by atoms with Gasteiger partial charge < -0.3 is 20.9 Å². The smallest absolute Gasteiger partial charge is 0.222 e. The van der Waals surface area contributed by atoms with E-state index < -0.39 is 0 Å². The van der Waals surface area contributed by atoms with Crippen molar-refractivity contribution in [1.82, 2.24) is 9.97 Å². The molecule has 4 N–H and O–H groups in total. The predicted molar refractivity (Wildman–Crippen MR) is 92.9 cm³/mol. The highest BCUT2D eigenvalue weighted by atomic mass is 35.5. The topological polar surface area (TPSA) is 120 Å². The van der Waals surface area contributed by atoms with Gasteiger partial charge in [0.15, 0.2) is 11.5 Å². The summed E-state index contributed by atoms with van der Waals surface area (Å²) in [4.78, 5) is 7.89. The average molecular weight is 346 g/mol. The standard InChI is InChI=1S/C16H16ClN5O2/c1-3-5-24-13-7-11(17)9(6-12(13)23-4-2)14-10(8-18)15(19)22-16(20)21-14/h3,6-7H,1,4-5H2,2H3,(H4,19,20,21,22). The summed E-state index contributed by atoms with van der Waals surface area (Å²) in [5.74, 6) is 0.848. The molecule has 0 aliphatic carbocycles. The maximum absolute atomic E-state index is 9.32. The van der Waals surface area contributed by atoms with Crippen molar-refractivity contribution in [2.24, 2.45) is 0 Å². The Morgan fingerprint density at radius 2 is 2.00 bits per heavy atom. The van der Waals surface area contributed by atoms with Gasteiger partial charge in [-0.25, -0.2) is 4.98 Å². The highest BCUT2D eigenvalue weighted by Gasteiger charge is 2.19. The third kappa shape index (κ3) is 3.50. The number of nitrogens with two attached hydrogens (primary N) is 2. The molecule has 2 aromatic rings. The van der Waals surface area contributed by atoms with Crippen LogP contribution in [0, 0.1) is 11.3 Å². The minimum Gasteiger partial charge on any atom is -0.490 e. The molecule has 1 aromatic heterocycles. The normalized spacial score (nSPS) is 10.0. The molecule has 24 heavy (non-hydrogen) atoms. The lowest BCUT2D eigenvalue weighted by Crippen LogP contribution is -2.06. The summed E-state index contributed by atoms with van der Waals surface area (Å²) in [5, 5.41) is 9.64. The third-order valence-corrected chi connectivity index (χ3v) is 3.32. The molecule has 0 aliphatic heterocycles. The van der Waals surface area contributed by atoms with E-state index in [-0.39, 0.29) is 23.0 Å². The van der Waals surface area contributed by atoms with E-state index in [0.717, 1.165) is 0 Å². The molecule has 0 amide bonds. The van der Waals surface area contributed by atoms with Crippen molar-refractivity contribution in [3.63, 3.8) is 0 Å². The van der Waals surface area contributed by atoms with E-state index in [0.29, 0.717) is 35.3 Å². The van der Waals surface area contributed by atoms with Gasteiger partial charge in [0, 0.05) is 11.6 Å². The number of anilines is 2. The Hall–Kier alpha value is -2.98. The molecule has 8 heteroatoms. The Morgan fingerprint density at radius 1 is 1.29 bits per heavy atom. The summed E-state index contributed by atoms with van der Waals surface area (Å²) < 4.78 is 11.1. The zero-order valence-corrected chi connectivity index (χ0v) is 13.8. The van der Waals surface area contributed by atoms with E-state index in [1.807, 2.05) is 13.0 Å². The summed E-state index contributed by atoms with van der Waals surface area (Å²) in [7, 11) is 0. The van der Waals surface area contributed by atoms with Crippen molar-refractivity contribution in [3.05, 3.63) is 35.4 Å². The second-order valence-corrected chi connectivity index (χ2v) is 5.02. The van der Waals surface area contributed by atoms with E-state index in [4.69, 9.17) is 32.5 Å². The molecular weight excluding hydrogens is 330 g/mol. The monoisotopic (exact) mass is 345 g/mol. The van der Waals surface area contributed by atoms with Crippen LogP contribution in [0.5, 0.6) is 11.5 Å². The van der Waals surface area contributed by atoms with Crippen LogP contribution in [0.4, 0.5) is 11.8 Å². The quantitative estimate of drug-likeness (QED) is 0.772. The Balaban J connectivity index is 2.65. The first-order valence-electron chi connectivity index (χ1n) is 7.05. The molecule has 7 nitrogen and oxygen atoms in total. The van der Waals surface area contributed by atoms with Crippen LogP contribution in [0.3, 0.4) is 0 Å². The number of hydrogen-bond donors (Lipinski definition) is 2. The fourth-order valence-corrected chi connectivity index (χ4v) is 2.29. The molecule has 2 rings (SSSR count). The van der Waals surface area contributed by atoms with Crippen molar-refractivity contribution in [2.75, 3.05) is 24.7 Å². The van der Waals surface area contributed by atoms with Crippen LogP contribution >= 0.6 is 11.6 Å². The highest BCUT2D eigenvalue weighted by Crippen LogP contribution is 2.39. The summed E-state index contributed by atoms with van der Waals surface area (Å²) in [6.07, 6.45) is 1.61. The molecule has 0 spiro atoms.